The van der Waals surface area contributed by atoms with Crippen LogP contribution in [0.1, 0.15) is 22.4 Å². The molecule has 5 nitrogen and oxygen atoms in total. The zero-order valence-corrected chi connectivity index (χ0v) is 12.2. The number of halogens is 1. The highest BCUT2D eigenvalue weighted by Gasteiger charge is 2.09. The number of aliphatic hydroxyl groups excluding tert-OH is 1. The summed E-state index contributed by atoms with van der Waals surface area (Å²) < 4.78 is 0. The molecule has 0 fully saturated rings. The van der Waals surface area contributed by atoms with Crippen molar-refractivity contribution in [3.05, 3.63) is 57.9 Å². The summed E-state index contributed by atoms with van der Waals surface area (Å²) in [6, 6.07) is 7.26. The quantitative estimate of drug-likeness (QED) is 0.658. The van der Waals surface area contributed by atoms with Crippen molar-refractivity contribution in [1.29, 1.82) is 0 Å². The van der Waals surface area contributed by atoms with E-state index < -0.39 is 0 Å². The summed E-state index contributed by atoms with van der Waals surface area (Å²) in [5, 5.41) is 23.6. The maximum absolute atomic E-state index is 9.92. The Morgan fingerprint density at radius 2 is 2.24 bits per heavy atom. The molecule has 1 aromatic heterocycles. The Bertz CT molecular complexity index is 659. The lowest BCUT2D eigenvalue weighted by atomic mass is 10.1. The van der Waals surface area contributed by atoms with Crippen molar-refractivity contribution in [2.75, 3.05) is 0 Å². The van der Waals surface area contributed by atoms with Crippen LogP contribution >= 0.6 is 11.6 Å². The van der Waals surface area contributed by atoms with Gasteiger partial charge in [-0.1, -0.05) is 28.9 Å². The molecule has 0 saturated heterocycles. The molecule has 1 aromatic carbocycles. The molecule has 6 heteroatoms. The topological polar surface area (TPSA) is 74.9 Å². The Morgan fingerprint density at radius 3 is 2.95 bits per heavy atom. The molecule has 0 amide bonds. The minimum Gasteiger partial charge on any atom is -0.505 e. The molecule has 0 atom stereocenters. The van der Waals surface area contributed by atoms with Gasteiger partial charge in [0.05, 0.1) is 18.5 Å². The number of pyridine rings is 1. The van der Waals surface area contributed by atoms with Crippen molar-refractivity contribution in [3.8, 4) is 5.75 Å². The third-order valence-corrected chi connectivity index (χ3v) is 3.14. The lowest BCUT2D eigenvalue weighted by molar-refractivity contribution is 0.132. The number of hydrogen-bond acceptors (Lipinski definition) is 5. The Hall–Kier alpha value is -2.11. The second-order valence-electron chi connectivity index (χ2n) is 4.43. The Kier molecular flexibility index (Phi) is 5.14. The molecule has 0 radical (unpaired) electrons. The van der Waals surface area contributed by atoms with Gasteiger partial charge in [0, 0.05) is 22.3 Å². The molecule has 0 aliphatic rings. The Labute approximate surface area is 127 Å². The van der Waals surface area contributed by atoms with Crippen molar-refractivity contribution in [2.24, 2.45) is 5.16 Å². The minimum atomic E-state index is -0.240. The second kappa shape index (κ2) is 7.06. The SMILES string of the molecule is Cc1ncc(CO)c(C=NOCc2cccc(Cl)c2)c1O. The first-order valence-corrected chi connectivity index (χ1v) is 6.67. The first-order chi connectivity index (χ1) is 10.1. The monoisotopic (exact) mass is 306 g/mol. The Morgan fingerprint density at radius 1 is 1.43 bits per heavy atom. The smallest absolute Gasteiger partial charge is 0.146 e. The number of rotatable bonds is 5. The summed E-state index contributed by atoms with van der Waals surface area (Å²) in [4.78, 5) is 9.14. The van der Waals surface area contributed by atoms with Crippen LogP contribution in [0, 0.1) is 6.92 Å². The lowest BCUT2D eigenvalue weighted by Gasteiger charge is -2.07. The summed E-state index contributed by atoms with van der Waals surface area (Å²) >= 11 is 5.87. The number of hydrogen-bond donors (Lipinski definition) is 2. The van der Waals surface area contributed by atoms with E-state index in [1.165, 1.54) is 12.4 Å². The highest BCUT2D eigenvalue weighted by atomic mass is 35.5. The molecular formula is C15H15ClN2O3. The maximum atomic E-state index is 9.92. The minimum absolute atomic E-state index is 0.0170. The van der Waals surface area contributed by atoms with Crippen LogP contribution in [0.3, 0.4) is 0 Å². The number of aromatic nitrogens is 1. The van der Waals surface area contributed by atoms with Gasteiger partial charge in [-0.3, -0.25) is 4.98 Å². The van der Waals surface area contributed by atoms with Crippen molar-refractivity contribution in [1.82, 2.24) is 4.98 Å². The van der Waals surface area contributed by atoms with Gasteiger partial charge < -0.3 is 15.1 Å². The van der Waals surface area contributed by atoms with Crippen molar-refractivity contribution in [2.45, 2.75) is 20.1 Å². The fourth-order valence-corrected chi connectivity index (χ4v) is 1.96. The normalized spacial score (nSPS) is 11.0. The van der Waals surface area contributed by atoms with Crippen molar-refractivity contribution >= 4 is 17.8 Å². The predicted octanol–water partition coefficient (Wildman–Crippen LogP) is 2.79. The van der Waals surface area contributed by atoms with Gasteiger partial charge in [-0.15, -0.1) is 0 Å². The molecule has 0 aliphatic carbocycles. The lowest BCUT2D eigenvalue weighted by Crippen LogP contribution is -1.98. The number of oxime groups is 1. The Balaban J connectivity index is 2.06. The van der Waals surface area contributed by atoms with Crippen LogP contribution in [-0.2, 0) is 18.1 Å². The molecule has 0 unspecified atom stereocenters. The van der Waals surface area contributed by atoms with Crippen LogP contribution in [0.25, 0.3) is 0 Å². The van der Waals surface area contributed by atoms with E-state index in [2.05, 4.69) is 10.1 Å². The van der Waals surface area contributed by atoms with Crippen LogP contribution < -0.4 is 0 Å². The molecular weight excluding hydrogens is 292 g/mol. The van der Waals surface area contributed by atoms with E-state index in [9.17, 15) is 10.2 Å². The van der Waals surface area contributed by atoms with Crippen LogP contribution in [0.15, 0.2) is 35.6 Å². The van der Waals surface area contributed by atoms with E-state index in [-0.39, 0.29) is 19.0 Å². The van der Waals surface area contributed by atoms with E-state index >= 15 is 0 Å². The van der Waals surface area contributed by atoms with Gasteiger partial charge in [-0.2, -0.15) is 0 Å². The number of nitrogens with zero attached hydrogens (tertiary/aromatic N) is 2. The zero-order valence-electron chi connectivity index (χ0n) is 11.5. The van der Waals surface area contributed by atoms with Crippen LogP contribution in [0.4, 0.5) is 0 Å². The van der Waals surface area contributed by atoms with Gasteiger partial charge in [0.25, 0.3) is 0 Å². The molecule has 0 bridgehead atoms. The predicted molar refractivity (Wildman–Crippen MR) is 80.4 cm³/mol. The van der Waals surface area contributed by atoms with Gasteiger partial charge in [0.2, 0.25) is 0 Å². The standard InChI is InChI=1S/C15H15ClN2O3/c1-10-15(20)14(12(8-19)6-17-10)7-18-21-9-11-3-2-4-13(16)5-11/h2-7,19-20H,8-9H2,1H3. The summed E-state index contributed by atoms with van der Waals surface area (Å²) in [7, 11) is 0. The number of aliphatic hydroxyl groups is 1. The maximum Gasteiger partial charge on any atom is 0.146 e. The number of benzene rings is 1. The van der Waals surface area contributed by atoms with E-state index in [0.29, 0.717) is 21.8 Å². The molecule has 0 saturated carbocycles. The van der Waals surface area contributed by atoms with Crippen LogP contribution in [-0.4, -0.2) is 21.4 Å². The molecule has 0 spiro atoms. The first-order valence-electron chi connectivity index (χ1n) is 6.30. The van der Waals surface area contributed by atoms with Gasteiger partial charge in [-0.25, -0.2) is 0 Å². The number of aryl methyl sites for hydroxylation is 1. The molecule has 21 heavy (non-hydrogen) atoms. The van der Waals surface area contributed by atoms with Gasteiger partial charge in [0.1, 0.15) is 12.4 Å². The van der Waals surface area contributed by atoms with Crippen LogP contribution in [0.2, 0.25) is 5.02 Å². The highest BCUT2D eigenvalue weighted by molar-refractivity contribution is 6.30. The number of aromatic hydroxyl groups is 1. The zero-order chi connectivity index (χ0) is 15.2. The van der Waals surface area contributed by atoms with E-state index in [1.54, 1.807) is 19.1 Å². The molecule has 2 aromatic rings. The van der Waals surface area contributed by atoms with E-state index in [0.717, 1.165) is 5.56 Å². The molecule has 0 aliphatic heterocycles. The van der Waals surface area contributed by atoms with Crippen molar-refractivity contribution in [3.63, 3.8) is 0 Å². The summed E-state index contributed by atoms with van der Waals surface area (Å²) in [6.45, 7) is 1.69. The largest absolute Gasteiger partial charge is 0.505 e. The summed E-state index contributed by atoms with van der Waals surface area (Å²) in [5.74, 6) is -0.0170. The molecule has 2 rings (SSSR count). The highest BCUT2D eigenvalue weighted by Crippen LogP contribution is 2.22. The van der Waals surface area contributed by atoms with Gasteiger partial charge in [-0.05, 0) is 24.6 Å². The van der Waals surface area contributed by atoms with Crippen molar-refractivity contribution < 1.29 is 15.1 Å². The van der Waals surface area contributed by atoms with E-state index in [1.807, 2.05) is 12.1 Å². The average molecular weight is 307 g/mol. The molecule has 2 N–H and O–H groups in total. The van der Waals surface area contributed by atoms with E-state index in [4.69, 9.17) is 16.4 Å². The van der Waals surface area contributed by atoms with Gasteiger partial charge >= 0.3 is 0 Å². The summed E-state index contributed by atoms with van der Waals surface area (Å²) in [5.41, 5.74) is 2.23. The molecule has 110 valence electrons. The third kappa shape index (κ3) is 3.93. The summed E-state index contributed by atoms with van der Waals surface area (Å²) in [6.07, 6.45) is 2.85. The average Bonchev–Trinajstić information content (AvgIpc) is 2.48. The second-order valence-corrected chi connectivity index (χ2v) is 4.86. The molecule has 1 heterocycles. The fraction of sp³-hybridized carbons (Fsp3) is 0.200. The first kappa shape index (κ1) is 15.3. The van der Waals surface area contributed by atoms with Gasteiger partial charge in [0.15, 0.2) is 0 Å². The fourth-order valence-electron chi connectivity index (χ4n) is 1.75. The van der Waals surface area contributed by atoms with Crippen LogP contribution in [0.5, 0.6) is 5.75 Å². The third-order valence-electron chi connectivity index (χ3n) is 2.90.